The Labute approximate surface area is 143 Å². The van der Waals surface area contributed by atoms with E-state index in [9.17, 15) is 9.59 Å². The molecule has 5 heteroatoms. The third-order valence-corrected chi connectivity index (χ3v) is 4.18. The van der Waals surface area contributed by atoms with Crippen molar-refractivity contribution < 1.29 is 19.1 Å². The van der Waals surface area contributed by atoms with Gasteiger partial charge in [0, 0.05) is 6.54 Å². The Morgan fingerprint density at radius 2 is 1.83 bits per heavy atom. The lowest BCUT2D eigenvalue weighted by molar-refractivity contribution is -0.144. The largest absolute Gasteiger partial charge is 0.468 e. The number of nitrogens with zero attached hydrogens (tertiary/aromatic N) is 1. The van der Waals surface area contributed by atoms with E-state index in [0.29, 0.717) is 6.54 Å². The number of carbonyl (C=O) groups is 2. The molecule has 1 fully saturated rings. The maximum Gasteiger partial charge on any atom is 0.410 e. The fraction of sp³-hybridized carbons (Fsp3) is 0.579. The van der Waals surface area contributed by atoms with Gasteiger partial charge in [0.25, 0.3) is 0 Å². The second-order valence-corrected chi connectivity index (χ2v) is 7.15. The van der Waals surface area contributed by atoms with Crippen molar-refractivity contribution in [2.45, 2.75) is 57.6 Å². The van der Waals surface area contributed by atoms with Crippen LogP contribution in [0.3, 0.4) is 0 Å². The highest BCUT2D eigenvalue weighted by Gasteiger charge is 2.40. The first kappa shape index (κ1) is 18.3. The van der Waals surface area contributed by atoms with Crippen molar-refractivity contribution >= 4 is 12.1 Å². The van der Waals surface area contributed by atoms with Gasteiger partial charge in [0.15, 0.2) is 0 Å². The van der Waals surface area contributed by atoms with Crippen molar-refractivity contribution in [1.82, 2.24) is 4.90 Å². The number of benzene rings is 1. The number of amides is 1. The van der Waals surface area contributed by atoms with E-state index in [0.717, 1.165) is 24.8 Å². The number of hydrogen-bond acceptors (Lipinski definition) is 4. The molecule has 2 atom stereocenters. The van der Waals surface area contributed by atoms with Crippen molar-refractivity contribution in [3.05, 3.63) is 35.9 Å². The van der Waals surface area contributed by atoms with Crippen LogP contribution in [0.1, 0.15) is 51.5 Å². The molecule has 0 aromatic heterocycles. The number of likely N-dealkylation sites (tertiary alicyclic amines) is 1. The van der Waals surface area contributed by atoms with Gasteiger partial charge >= 0.3 is 12.1 Å². The summed E-state index contributed by atoms with van der Waals surface area (Å²) in [5.41, 5.74) is 0.303. The molecule has 1 amide bonds. The van der Waals surface area contributed by atoms with Crippen LogP contribution >= 0.6 is 0 Å². The van der Waals surface area contributed by atoms with Gasteiger partial charge in [-0.2, -0.15) is 0 Å². The molecule has 0 spiro atoms. The van der Waals surface area contributed by atoms with E-state index >= 15 is 0 Å². The molecule has 1 aliphatic heterocycles. The van der Waals surface area contributed by atoms with Gasteiger partial charge in [0.05, 0.1) is 13.2 Å². The zero-order valence-electron chi connectivity index (χ0n) is 15.0. The minimum absolute atomic E-state index is 0.247. The van der Waals surface area contributed by atoms with Gasteiger partial charge in [0.2, 0.25) is 0 Å². The topological polar surface area (TPSA) is 55.8 Å². The van der Waals surface area contributed by atoms with E-state index in [-0.39, 0.29) is 18.1 Å². The Morgan fingerprint density at radius 1 is 1.17 bits per heavy atom. The number of ether oxygens (including phenoxy) is 2. The highest BCUT2D eigenvalue weighted by Crippen LogP contribution is 2.32. The predicted molar refractivity (Wildman–Crippen MR) is 91.8 cm³/mol. The third-order valence-electron chi connectivity index (χ3n) is 4.18. The van der Waals surface area contributed by atoms with E-state index < -0.39 is 11.5 Å². The number of esters is 1. The van der Waals surface area contributed by atoms with Crippen LogP contribution in [0.25, 0.3) is 0 Å². The molecule has 0 bridgehead atoms. The second-order valence-electron chi connectivity index (χ2n) is 7.15. The number of piperidine rings is 1. The molecular weight excluding hydrogens is 306 g/mol. The fourth-order valence-electron chi connectivity index (χ4n) is 3.15. The standard InChI is InChI=1S/C19H27NO4/c1-19(2,3)24-18(22)20-13-9-8-12-15(20)16(17(21)23-4)14-10-6-5-7-11-14/h5-7,10-11,15-16H,8-9,12-13H2,1-4H3/t15-,16-/m1/s1. The van der Waals surface area contributed by atoms with Gasteiger partial charge in [0.1, 0.15) is 11.5 Å². The Morgan fingerprint density at radius 3 is 2.42 bits per heavy atom. The van der Waals surface area contributed by atoms with E-state index in [2.05, 4.69) is 0 Å². The van der Waals surface area contributed by atoms with Gasteiger partial charge in [-0.25, -0.2) is 4.79 Å². The molecule has 1 aromatic rings. The van der Waals surface area contributed by atoms with Crippen LogP contribution in [0.15, 0.2) is 30.3 Å². The lowest BCUT2D eigenvalue weighted by Gasteiger charge is -2.40. The summed E-state index contributed by atoms with van der Waals surface area (Å²) in [5, 5.41) is 0. The van der Waals surface area contributed by atoms with Gasteiger partial charge < -0.3 is 14.4 Å². The summed E-state index contributed by atoms with van der Waals surface area (Å²) < 4.78 is 10.6. The minimum Gasteiger partial charge on any atom is -0.468 e. The van der Waals surface area contributed by atoms with E-state index in [1.165, 1.54) is 7.11 Å². The molecule has 2 rings (SSSR count). The fourth-order valence-corrected chi connectivity index (χ4v) is 3.15. The lowest BCUT2D eigenvalue weighted by atomic mass is 9.85. The van der Waals surface area contributed by atoms with Crippen molar-refractivity contribution in [2.24, 2.45) is 0 Å². The van der Waals surface area contributed by atoms with Crippen LogP contribution in [-0.2, 0) is 14.3 Å². The first-order chi connectivity index (χ1) is 11.3. The van der Waals surface area contributed by atoms with Gasteiger partial charge in [-0.1, -0.05) is 30.3 Å². The van der Waals surface area contributed by atoms with Crippen molar-refractivity contribution in [3.8, 4) is 0 Å². The van der Waals surface area contributed by atoms with Gasteiger partial charge in [-0.05, 0) is 45.6 Å². The zero-order valence-corrected chi connectivity index (χ0v) is 15.0. The van der Waals surface area contributed by atoms with Crippen LogP contribution in [0.2, 0.25) is 0 Å². The number of rotatable bonds is 3. The van der Waals surface area contributed by atoms with Gasteiger partial charge in [-0.15, -0.1) is 0 Å². The SMILES string of the molecule is COC(=O)[C@H](c1ccccc1)[C@H]1CCCCN1C(=O)OC(C)(C)C. The normalized spacial score (nSPS) is 19.5. The lowest BCUT2D eigenvalue weighted by Crippen LogP contribution is -2.50. The summed E-state index contributed by atoms with van der Waals surface area (Å²) in [5.74, 6) is -0.814. The maximum absolute atomic E-state index is 12.6. The second kappa shape index (κ2) is 7.69. The molecule has 5 nitrogen and oxygen atoms in total. The molecule has 0 saturated carbocycles. The van der Waals surface area contributed by atoms with E-state index in [1.807, 2.05) is 51.1 Å². The van der Waals surface area contributed by atoms with Crippen molar-refractivity contribution in [2.75, 3.05) is 13.7 Å². The third kappa shape index (κ3) is 4.49. The number of methoxy groups -OCH3 is 1. The summed E-state index contributed by atoms with van der Waals surface area (Å²) >= 11 is 0. The average molecular weight is 333 g/mol. The Hall–Kier alpha value is -2.04. The molecule has 0 unspecified atom stereocenters. The van der Waals surface area contributed by atoms with E-state index in [1.54, 1.807) is 4.90 Å². The first-order valence-electron chi connectivity index (χ1n) is 8.46. The van der Waals surface area contributed by atoms with Crippen LogP contribution in [0, 0.1) is 0 Å². The molecule has 0 N–H and O–H groups in total. The molecular formula is C19H27NO4. The van der Waals surface area contributed by atoms with Gasteiger partial charge in [-0.3, -0.25) is 4.79 Å². The molecule has 0 radical (unpaired) electrons. The smallest absolute Gasteiger partial charge is 0.410 e. The summed E-state index contributed by atoms with van der Waals surface area (Å²) in [6.45, 7) is 6.14. The molecule has 1 heterocycles. The van der Waals surface area contributed by atoms with Crippen LogP contribution in [0.4, 0.5) is 4.79 Å². The predicted octanol–water partition coefficient (Wildman–Crippen LogP) is 3.73. The Bertz CT molecular complexity index is 564. The van der Waals surface area contributed by atoms with E-state index in [4.69, 9.17) is 9.47 Å². The minimum atomic E-state index is -0.563. The summed E-state index contributed by atoms with van der Waals surface area (Å²) in [6, 6.07) is 9.26. The molecule has 132 valence electrons. The van der Waals surface area contributed by atoms with Crippen molar-refractivity contribution in [3.63, 3.8) is 0 Å². The number of carbonyl (C=O) groups excluding carboxylic acids is 2. The summed E-state index contributed by atoms with van der Waals surface area (Å²) in [6.07, 6.45) is 2.29. The quantitative estimate of drug-likeness (QED) is 0.791. The molecule has 1 aromatic carbocycles. The van der Waals surface area contributed by atoms with Crippen LogP contribution < -0.4 is 0 Å². The van der Waals surface area contributed by atoms with Crippen molar-refractivity contribution in [1.29, 1.82) is 0 Å². The van der Waals surface area contributed by atoms with Crippen LogP contribution in [-0.4, -0.2) is 42.3 Å². The van der Waals surface area contributed by atoms with Crippen LogP contribution in [0.5, 0.6) is 0 Å². The molecule has 1 aliphatic rings. The molecule has 1 saturated heterocycles. The summed E-state index contributed by atoms with van der Waals surface area (Å²) in [7, 11) is 1.39. The maximum atomic E-state index is 12.6. The first-order valence-corrected chi connectivity index (χ1v) is 8.46. The summed E-state index contributed by atoms with van der Waals surface area (Å²) in [4.78, 5) is 26.8. The molecule has 0 aliphatic carbocycles. The Balaban J connectivity index is 2.31. The average Bonchev–Trinajstić information content (AvgIpc) is 2.54. The molecule has 24 heavy (non-hydrogen) atoms. The highest BCUT2D eigenvalue weighted by molar-refractivity contribution is 5.80. The zero-order chi connectivity index (χ0) is 17.7. The monoisotopic (exact) mass is 333 g/mol. The number of hydrogen-bond donors (Lipinski definition) is 0. The Kier molecular flexibility index (Phi) is 5.86. The highest BCUT2D eigenvalue weighted by atomic mass is 16.6.